The van der Waals surface area contributed by atoms with Crippen molar-refractivity contribution in [3.8, 4) is 17.2 Å². The summed E-state index contributed by atoms with van der Waals surface area (Å²) in [7, 11) is 3.84. The van der Waals surface area contributed by atoms with E-state index in [0.29, 0.717) is 10.9 Å². The molecule has 1 aromatic carbocycles. The molecule has 0 saturated carbocycles. The number of benzene rings is 1. The molecule has 0 aliphatic carbocycles. The summed E-state index contributed by atoms with van der Waals surface area (Å²) in [6.07, 6.45) is 0. The molecule has 1 aromatic heterocycles. The van der Waals surface area contributed by atoms with Crippen LogP contribution in [-0.4, -0.2) is 38.9 Å². The van der Waals surface area contributed by atoms with Gasteiger partial charge in [0, 0.05) is 5.39 Å². The number of fused-ring (bicyclic) bond motifs is 1. The molecule has 0 saturated heterocycles. The largest absolute Gasteiger partial charge is 0.493 e. The molecule has 2 aromatic rings. The van der Waals surface area contributed by atoms with E-state index in [0.717, 1.165) is 0 Å². The van der Waals surface area contributed by atoms with Gasteiger partial charge in [0.25, 0.3) is 0 Å². The summed E-state index contributed by atoms with van der Waals surface area (Å²) in [4.78, 5) is 14.3. The van der Waals surface area contributed by atoms with E-state index in [9.17, 15) is 13.6 Å². The summed E-state index contributed by atoms with van der Waals surface area (Å²) in [6.45, 7) is -3.04. The number of carbonyl (C=O) groups is 1. The van der Waals surface area contributed by atoms with Gasteiger partial charge in [0.1, 0.15) is 5.69 Å². The zero-order chi connectivity index (χ0) is 15.6. The zero-order valence-corrected chi connectivity index (χ0v) is 11.5. The molecule has 0 fully saturated rings. The summed E-state index contributed by atoms with van der Waals surface area (Å²) in [6, 6.07) is 2.96. The number of aromatic nitrogens is 1. The van der Waals surface area contributed by atoms with Crippen molar-refractivity contribution in [2.75, 3.05) is 21.3 Å². The van der Waals surface area contributed by atoms with Gasteiger partial charge in [0.2, 0.25) is 5.75 Å². The van der Waals surface area contributed by atoms with E-state index in [1.807, 2.05) is 0 Å². The average Bonchev–Trinajstić information content (AvgIpc) is 2.88. The van der Waals surface area contributed by atoms with Crippen LogP contribution < -0.4 is 14.2 Å². The van der Waals surface area contributed by atoms with Crippen molar-refractivity contribution in [3.63, 3.8) is 0 Å². The lowest BCUT2D eigenvalue weighted by Gasteiger charge is -2.14. The van der Waals surface area contributed by atoms with E-state index >= 15 is 0 Å². The third-order valence-electron chi connectivity index (χ3n) is 2.83. The van der Waals surface area contributed by atoms with Crippen LogP contribution in [0.4, 0.5) is 8.78 Å². The molecular weight excluding hydrogens is 288 g/mol. The van der Waals surface area contributed by atoms with E-state index in [4.69, 9.17) is 9.47 Å². The van der Waals surface area contributed by atoms with Crippen molar-refractivity contribution in [1.29, 1.82) is 0 Å². The fraction of sp³-hybridized carbons (Fsp3) is 0.308. The number of carbonyl (C=O) groups excluding carboxylic acids is 1. The van der Waals surface area contributed by atoms with Crippen LogP contribution in [0.1, 0.15) is 10.5 Å². The van der Waals surface area contributed by atoms with Crippen LogP contribution in [-0.2, 0) is 4.74 Å². The minimum Gasteiger partial charge on any atom is -0.493 e. The Morgan fingerprint density at radius 1 is 1.14 bits per heavy atom. The second-order valence-electron chi connectivity index (χ2n) is 3.96. The fourth-order valence-corrected chi connectivity index (χ4v) is 1.97. The smallest absolute Gasteiger partial charge is 0.387 e. The Bertz CT molecular complexity index is 668. The molecule has 0 unspecified atom stereocenters. The minimum atomic E-state index is -3.04. The number of esters is 1. The molecule has 0 aliphatic heterocycles. The van der Waals surface area contributed by atoms with Crippen LogP contribution in [0.3, 0.4) is 0 Å². The molecule has 8 heteroatoms. The number of alkyl halides is 2. The third-order valence-corrected chi connectivity index (χ3v) is 2.83. The first kappa shape index (κ1) is 14.9. The summed E-state index contributed by atoms with van der Waals surface area (Å²) < 4.78 is 44.2. The minimum absolute atomic E-state index is 0.0137. The van der Waals surface area contributed by atoms with E-state index in [1.54, 1.807) is 0 Å². The number of halogens is 2. The van der Waals surface area contributed by atoms with Crippen molar-refractivity contribution in [1.82, 2.24) is 4.98 Å². The SMILES string of the molecule is COC(=O)c1cc2cc(OC)c(OC(F)F)c(OC)c2[nH]1. The molecule has 1 heterocycles. The van der Waals surface area contributed by atoms with E-state index in [2.05, 4.69) is 14.5 Å². The normalized spacial score (nSPS) is 10.8. The maximum absolute atomic E-state index is 12.5. The van der Waals surface area contributed by atoms with Crippen molar-refractivity contribution >= 4 is 16.9 Å². The number of nitrogens with one attached hydrogen (secondary N) is 1. The lowest BCUT2D eigenvalue weighted by Crippen LogP contribution is -2.05. The molecule has 0 atom stereocenters. The number of hydrogen-bond donors (Lipinski definition) is 1. The lowest BCUT2D eigenvalue weighted by atomic mass is 10.2. The lowest BCUT2D eigenvalue weighted by molar-refractivity contribution is -0.0524. The third kappa shape index (κ3) is 2.69. The van der Waals surface area contributed by atoms with Gasteiger partial charge in [0.05, 0.1) is 26.8 Å². The highest BCUT2D eigenvalue weighted by atomic mass is 19.3. The number of H-pyrrole nitrogens is 1. The van der Waals surface area contributed by atoms with Gasteiger partial charge in [-0.05, 0) is 12.1 Å². The summed E-state index contributed by atoms with van der Waals surface area (Å²) >= 11 is 0. The summed E-state index contributed by atoms with van der Waals surface area (Å²) in [5.41, 5.74) is 0.483. The molecule has 2 rings (SSSR count). The fourth-order valence-electron chi connectivity index (χ4n) is 1.97. The van der Waals surface area contributed by atoms with Gasteiger partial charge < -0.3 is 23.9 Å². The Morgan fingerprint density at radius 2 is 1.86 bits per heavy atom. The predicted octanol–water partition coefficient (Wildman–Crippen LogP) is 2.57. The van der Waals surface area contributed by atoms with Crippen LogP contribution in [0.15, 0.2) is 12.1 Å². The van der Waals surface area contributed by atoms with Crippen molar-refractivity contribution < 1.29 is 32.5 Å². The van der Waals surface area contributed by atoms with Crippen LogP contribution in [0.25, 0.3) is 10.9 Å². The second kappa shape index (κ2) is 5.86. The number of aromatic amines is 1. The highest BCUT2D eigenvalue weighted by Gasteiger charge is 2.22. The van der Waals surface area contributed by atoms with E-state index in [1.165, 1.54) is 33.5 Å². The van der Waals surface area contributed by atoms with Crippen molar-refractivity contribution in [2.24, 2.45) is 0 Å². The molecule has 0 spiro atoms. The first-order chi connectivity index (χ1) is 10.0. The Labute approximate surface area is 118 Å². The Kier molecular flexibility index (Phi) is 4.15. The van der Waals surface area contributed by atoms with Crippen molar-refractivity contribution in [3.05, 3.63) is 17.8 Å². The monoisotopic (exact) mass is 301 g/mol. The molecule has 0 radical (unpaired) electrons. The van der Waals surface area contributed by atoms with Crippen LogP contribution >= 0.6 is 0 Å². The Balaban J connectivity index is 2.68. The zero-order valence-electron chi connectivity index (χ0n) is 11.5. The number of hydrogen-bond acceptors (Lipinski definition) is 5. The summed E-state index contributed by atoms with van der Waals surface area (Å²) in [5, 5.41) is 0.533. The van der Waals surface area contributed by atoms with Crippen LogP contribution in [0.5, 0.6) is 17.2 Å². The molecule has 0 aliphatic rings. The Hall–Kier alpha value is -2.51. The maximum Gasteiger partial charge on any atom is 0.387 e. The number of methoxy groups -OCH3 is 3. The highest BCUT2D eigenvalue weighted by Crippen LogP contribution is 2.44. The topological polar surface area (TPSA) is 69.8 Å². The first-order valence-electron chi connectivity index (χ1n) is 5.82. The maximum atomic E-state index is 12.5. The van der Waals surface area contributed by atoms with Gasteiger partial charge in [-0.1, -0.05) is 0 Å². The van der Waals surface area contributed by atoms with Gasteiger partial charge in [-0.3, -0.25) is 0 Å². The van der Waals surface area contributed by atoms with Crippen LogP contribution in [0.2, 0.25) is 0 Å². The molecule has 0 amide bonds. The summed E-state index contributed by atoms with van der Waals surface area (Å²) in [5.74, 6) is -0.765. The van der Waals surface area contributed by atoms with Gasteiger partial charge in [0.15, 0.2) is 11.5 Å². The first-order valence-corrected chi connectivity index (χ1v) is 5.82. The highest BCUT2D eigenvalue weighted by molar-refractivity contribution is 5.98. The van der Waals surface area contributed by atoms with Gasteiger partial charge in [-0.25, -0.2) is 4.79 Å². The quantitative estimate of drug-likeness (QED) is 0.860. The predicted molar refractivity (Wildman–Crippen MR) is 69.4 cm³/mol. The molecule has 6 nitrogen and oxygen atoms in total. The second-order valence-corrected chi connectivity index (χ2v) is 3.96. The number of rotatable bonds is 5. The molecular formula is C13H13F2NO5. The van der Waals surface area contributed by atoms with Gasteiger partial charge >= 0.3 is 12.6 Å². The standard InChI is InChI=1S/C13H13F2NO5/c1-18-8-5-6-4-7(12(17)20-3)16-9(6)11(19-2)10(8)21-13(14)15/h4-5,13,16H,1-3H3. The molecule has 0 bridgehead atoms. The van der Waals surface area contributed by atoms with Gasteiger partial charge in [-0.2, -0.15) is 8.78 Å². The van der Waals surface area contributed by atoms with Crippen LogP contribution in [0, 0.1) is 0 Å². The molecule has 21 heavy (non-hydrogen) atoms. The number of ether oxygens (including phenoxy) is 4. The van der Waals surface area contributed by atoms with Gasteiger partial charge in [-0.15, -0.1) is 0 Å². The average molecular weight is 301 g/mol. The Morgan fingerprint density at radius 3 is 2.38 bits per heavy atom. The van der Waals surface area contributed by atoms with E-state index < -0.39 is 12.6 Å². The molecule has 1 N–H and O–H groups in total. The van der Waals surface area contributed by atoms with Crippen molar-refractivity contribution in [2.45, 2.75) is 6.61 Å². The molecule has 114 valence electrons. The van der Waals surface area contributed by atoms with E-state index in [-0.39, 0.29) is 22.9 Å².